The van der Waals surface area contributed by atoms with Crippen LogP contribution < -0.4 is 0 Å². The highest BCUT2D eigenvalue weighted by atomic mass is 16.6. The van der Waals surface area contributed by atoms with Gasteiger partial charge in [-0.2, -0.15) is 0 Å². The number of amides is 1. The number of hydrogen-bond donors (Lipinski definition) is 0. The molecular weight excluding hydrogens is 254 g/mol. The highest BCUT2D eigenvalue weighted by molar-refractivity contribution is 5.97. The summed E-state index contributed by atoms with van der Waals surface area (Å²) in [7, 11) is 0. The SMILES string of the molecule is CCOC(=O)N1C=C(CC(=O)c2ccccc2)CCC1. The Bertz CT molecular complexity index is 508. The third-order valence-corrected chi connectivity index (χ3v) is 3.22. The number of carbonyl (C=O) groups is 2. The minimum atomic E-state index is -0.336. The van der Waals surface area contributed by atoms with Gasteiger partial charge in [0.15, 0.2) is 5.78 Å². The smallest absolute Gasteiger partial charge is 0.413 e. The highest BCUT2D eigenvalue weighted by Crippen LogP contribution is 2.20. The fourth-order valence-electron chi connectivity index (χ4n) is 2.24. The number of ketones is 1. The van der Waals surface area contributed by atoms with E-state index in [1.54, 1.807) is 18.0 Å². The largest absolute Gasteiger partial charge is 0.449 e. The Balaban J connectivity index is 2.01. The van der Waals surface area contributed by atoms with Gasteiger partial charge in [0, 0.05) is 24.7 Å². The number of ether oxygens (including phenoxy) is 1. The molecule has 0 aliphatic carbocycles. The van der Waals surface area contributed by atoms with Gasteiger partial charge in [0.25, 0.3) is 0 Å². The van der Waals surface area contributed by atoms with Crippen molar-refractivity contribution in [3.8, 4) is 0 Å². The van der Waals surface area contributed by atoms with E-state index in [9.17, 15) is 9.59 Å². The molecule has 0 N–H and O–H groups in total. The van der Waals surface area contributed by atoms with E-state index in [2.05, 4.69) is 0 Å². The van der Waals surface area contributed by atoms with E-state index in [1.807, 2.05) is 30.3 Å². The molecule has 1 heterocycles. The van der Waals surface area contributed by atoms with Crippen molar-refractivity contribution in [2.24, 2.45) is 0 Å². The molecule has 0 saturated heterocycles. The summed E-state index contributed by atoms with van der Waals surface area (Å²) in [6.45, 7) is 2.80. The van der Waals surface area contributed by atoms with Crippen molar-refractivity contribution in [2.45, 2.75) is 26.2 Å². The number of benzene rings is 1. The fraction of sp³-hybridized carbons (Fsp3) is 0.375. The number of nitrogens with zero attached hydrogens (tertiary/aromatic N) is 1. The molecule has 0 saturated carbocycles. The zero-order valence-electron chi connectivity index (χ0n) is 11.7. The number of Topliss-reactive ketones (excluding diaryl/α,β-unsaturated/α-hetero) is 1. The van der Waals surface area contributed by atoms with E-state index in [-0.39, 0.29) is 11.9 Å². The van der Waals surface area contributed by atoms with Crippen molar-refractivity contribution in [1.29, 1.82) is 0 Å². The van der Waals surface area contributed by atoms with Gasteiger partial charge in [-0.3, -0.25) is 9.69 Å². The van der Waals surface area contributed by atoms with E-state index >= 15 is 0 Å². The van der Waals surface area contributed by atoms with Crippen LogP contribution in [0.15, 0.2) is 42.1 Å². The Morgan fingerprint density at radius 1 is 1.25 bits per heavy atom. The first-order chi connectivity index (χ1) is 9.70. The second kappa shape index (κ2) is 6.89. The van der Waals surface area contributed by atoms with Crippen molar-refractivity contribution in [3.63, 3.8) is 0 Å². The number of carbonyl (C=O) groups excluding carboxylic acids is 2. The molecule has 0 spiro atoms. The molecule has 0 fully saturated rings. The Labute approximate surface area is 119 Å². The lowest BCUT2D eigenvalue weighted by Gasteiger charge is -2.24. The molecule has 106 valence electrons. The summed E-state index contributed by atoms with van der Waals surface area (Å²) in [5.74, 6) is 0.0857. The van der Waals surface area contributed by atoms with E-state index in [4.69, 9.17) is 4.74 Å². The Kier molecular flexibility index (Phi) is 4.93. The van der Waals surface area contributed by atoms with Crippen molar-refractivity contribution in [3.05, 3.63) is 47.7 Å². The molecule has 0 unspecified atom stereocenters. The summed E-state index contributed by atoms with van der Waals surface area (Å²) >= 11 is 0. The summed E-state index contributed by atoms with van der Waals surface area (Å²) < 4.78 is 4.98. The van der Waals surface area contributed by atoms with Crippen LogP contribution in [0.5, 0.6) is 0 Å². The number of allylic oxidation sites excluding steroid dienone is 1. The van der Waals surface area contributed by atoms with Gasteiger partial charge in [-0.1, -0.05) is 30.3 Å². The summed E-state index contributed by atoms with van der Waals surface area (Å²) in [6, 6.07) is 9.23. The summed E-state index contributed by atoms with van der Waals surface area (Å²) in [4.78, 5) is 25.4. The maximum atomic E-state index is 12.1. The lowest BCUT2D eigenvalue weighted by Crippen LogP contribution is -2.30. The maximum absolute atomic E-state index is 12.1. The molecule has 1 aromatic carbocycles. The van der Waals surface area contributed by atoms with Gasteiger partial charge in [-0.05, 0) is 25.3 Å². The van der Waals surface area contributed by atoms with E-state index < -0.39 is 0 Å². The van der Waals surface area contributed by atoms with Gasteiger partial charge in [0.05, 0.1) is 6.61 Å². The lowest BCUT2D eigenvalue weighted by molar-refractivity contribution is 0.0985. The molecule has 0 atom stereocenters. The van der Waals surface area contributed by atoms with Crippen molar-refractivity contribution < 1.29 is 14.3 Å². The molecule has 0 aromatic heterocycles. The molecule has 4 heteroatoms. The van der Waals surface area contributed by atoms with Crippen LogP contribution in [0.4, 0.5) is 4.79 Å². The second-order valence-electron chi connectivity index (χ2n) is 4.75. The Morgan fingerprint density at radius 2 is 2.00 bits per heavy atom. The molecule has 1 aromatic rings. The zero-order chi connectivity index (χ0) is 14.4. The first-order valence-corrected chi connectivity index (χ1v) is 6.92. The maximum Gasteiger partial charge on any atom is 0.413 e. The van der Waals surface area contributed by atoms with Crippen LogP contribution in [0.1, 0.15) is 36.5 Å². The second-order valence-corrected chi connectivity index (χ2v) is 4.75. The van der Waals surface area contributed by atoms with Crippen LogP contribution in [0.2, 0.25) is 0 Å². The monoisotopic (exact) mass is 273 g/mol. The normalized spacial score (nSPS) is 14.7. The van der Waals surface area contributed by atoms with Crippen LogP contribution in [-0.4, -0.2) is 29.9 Å². The minimum absolute atomic E-state index is 0.0857. The number of hydrogen-bond acceptors (Lipinski definition) is 3. The van der Waals surface area contributed by atoms with Crippen molar-refractivity contribution in [2.75, 3.05) is 13.2 Å². The molecule has 1 aliphatic rings. The Hall–Kier alpha value is -2.10. The third-order valence-electron chi connectivity index (χ3n) is 3.22. The van der Waals surface area contributed by atoms with Gasteiger partial charge >= 0.3 is 6.09 Å². The number of rotatable bonds is 4. The van der Waals surface area contributed by atoms with Gasteiger partial charge < -0.3 is 4.74 Å². The summed E-state index contributed by atoms with van der Waals surface area (Å²) in [5, 5.41) is 0. The zero-order valence-corrected chi connectivity index (χ0v) is 11.7. The standard InChI is InChI=1S/C16H19NO3/c1-2-20-16(19)17-10-6-7-13(12-17)11-15(18)14-8-4-3-5-9-14/h3-5,8-9,12H,2,6-7,10-11H2,1H3. The van der Waals surface area contributed by atoms with Crippen LogP contribution >= 0.6 is 0 Å². The Morgan fingerprint density at radius 3 is 2.70 bits per heavy atom. The first kappa shape index (κ1) is 14.3. The molecule has 1 amide bonds. The molecule has 0 radical (unpaired) electrons. The molecule has 0 bridgehead atoms. The fourth-order valence-corrected chi connectivity index (χ4v) is 2.24. The molecule has 1 aliphatic heterocycles. The highest BCUT2D eigenvalue weighted by Gasteiger charge is 2.19. The summed E-state index contributed by atoms with van der Waals surface area (Å²) in [5.41, 5.74) is 1.69. The summed E-state index contributed by atoms with van der Waals surface area (Å²) in [6.07, 6.45) is 3.51. The van der Waals surface area contributed by atoms with Crippen molar-refractivity contribution in [1.82, 2.24) is 4.90 Å². The molecule has 20 heavy (non-hydrogen) atoms. The van der Waals surface area contributed by atoms with Crippen LogP contribution in [0.25, 0.3) is 0 Å². The van der Waals surface area contributed by atoms with Gasteiger partial charge in [-0.25, -0.2) is 4.79 Å². The van der Waals surface area contributed by atoms with Gasteiger partial charge in [0.2, 0.25) is 0 Å². The third kappa shape index (κ3) is 3.70. The van der Waals surface area contributed by atoms with Gasteiger partial charge in [0.1, 0.15) is 0 Å². The predicted molar refractivity (Wildman–Crippen MR) is 76.4 cm³/mol. The molecular formula is C16H19NO3. The first-order valence-electron chi connectivity index (χ1n) is 6.92. The lowest BCUT2D eigenvalue weighted by atomic mass is 9.98. The van der Waals surface area contributed by atoms with Crippen LogP contribution in [0.3, 0.4) is 0 Å². The minimum Gasteiger partial charge on any atom is -0.449 e. The average Bonchev–Trinajstić information content (AvgIpc) is 2.48. The topological polar surface area (TPSA) is 46.6 Å². The molecule has 4 nitrogen and oxygen atoms in total. The van der Waals surface area contributed by atoms with E-state index in [1.165, 1.54) is 0 Å². The predicted octanol–water partition coefficient (Wildman–Crippen LogP) is 3.40. The van der Waals surface area contributed by atoms with Crippen LogP contribution in [-0.2, 0) is 4.74 Å². The quantitative estimate of drug-likeness (QED) is 0.790. The van der Waals surface area contributed by atoms with E-state index in [0.29, 0.717) is 25.1 Å². The van der Waals surface area contributed by atoms with E-state index in [0.717, 1.165) is 18.4 Å². The molecule has 2 rings (SSSR count). The average molecular weight is 273 g/mol. The van der Waals surface area contributed by atoms with Crippen molar-refractivity contribution >= 4 is 11.9 Å². The van der Waals surface area contributed by atoms with Crippen LogP contribution in [0, 0.1) is 0 Å². The van der Waals surface area contributed by atoms with Gasteiger partial charge in [-0.15, -0.1) is 0 Å².